The Balaban J connectivity index is 1.84. The van der Waals surface area contributed by atoms with Gasteiger partial charge in [-0.15, -0.1) is 0 Å². The number of aryl methyl sites for hydroxylation is 2. The predicted molar refractivity (Wildman–Crippen MR) is 125 cm³/mol. The number of methoxy groups -OCH3 is 2. The lowest BCUT2D eigenvalue weighted by atomic mass is 9.97. The van der Waals surface area contributed by atoms with E-state index in [0.717, 1.165) is 16.7 Å². The molecule has 0 aliphatic carbocycles. The maximum atomic E-state index is 13.5. The molecule has 1 heterocycles. The largest absolute Gasteiger partial charge is 0.493 e. The lowest BCUT2D eigenvalue weighted by molar-refractivity contribution is -0.120. The fraction of sp³-hybridized carbons (Fsp3) is 0.154. The minimum absolute atomic E-state index is 0.220. The van der Waals surface area contributed by atoms with E-state index in [1.54, 1.807) is 56.7 Å². The number of nitrogens with zero attached hydrogens (tertiary/aromatic N) is 1. The van der Waals surface area contributed by atoms with Gasteiger partial charge in [0.15, 0.2) is 11.5 Å². The molecule has 4 rings (SSSR count). The number of nitrogens with one attached hydrogen (secondary N) is 1. The van der Waals surface area contributed by atoms with E-state index in [1.165, 1.54) is 4.90 Å². The van der Waals surface area contributed by atoms with Crippen LogP contribution in [0.2, 0.25) is 0 Å². The fourth-order valence-corrected chi connectivity index (χ4v) is 3.86. The molecule has 1 aliphatic heterocycles. The van der Waals surface area contributed by atoms with Gasteiger partial charge in [-0.3, -0.25) is 9.59 Å². The highest BCUT2D eigenvalue weighted by Gasteiger charge is 2.40. The van der Waals surface area contributed by atoms with Gasteiger partial charge in [0.25, 0.3) is 11.8 Å². The van der Waals surface area contributed by atoms with Crippen LogP contribution in [-0.2, 0) is 9.59 Å². The summed E-state index contributed by atoms with van der Waals surface area (Å²) in [7, 11) is 3.10. The summed E-state index contributed by atoms with van der Waals surface area (Å²) in [4.78, 5) is 28.2. The van der Waals surface area contributed by atoms with Gasteiger partial charge in [-0.2, -0.15) is 0 Å². The standard InChI is InChI=1S/C26H24N2O4/c1-16-10-12-20(17(2)14-16)23-24(27-18-11-13-21(31-3)22(15-18)32-4)26(30)28(25(23)29)19-8-6-5-7-9-19/h5-15,27H,1-4H3. The number of carbonyl (C=O) groups is 2. The Labute approximate surface area is 187 Å². The number of carbonyl (C=O) groups excluding carboxylic acids is 2. The molecule has 1 aliphatic rings. The number of para-hydroxylation sites is 1. The third kappa shape index (κ3) is 3.71. The molecule has 0 bridgehead atoms. The number of hydrogen-bond acceptors (Lipinski definition) is 5. The molecule has 6 heteroatoms. The van der Waals surface area contributed by atoms with E-state index in [-0.39, 0.29) is 11.6 Å². The van der Waals surface area contributed by atoms with Crippen molar-refractivity contribution in [3.63, 3.8) is 0 Å². The van der Waals surface area contributed by atoms with Crippen molar-refractivity contribution in [2.24, 2.45) is 0 Å². The van der Waals surface area contributed by atoms with Crippen LogP contribution in [0.15, 0.2) is 72.4 Å². The summed E-state index contributed by atoms with van der Waals surface area (Å²) in [5, 5.41) is 3.17. The first-order valence-corrected chi connectivity index (χ1v) is 10.2. The average molecular weight is 428 g/mol. The molecular weight excluding hydrogens is 404 g/mol. The number of imide groups is 1. The molecule has 3 aromatic rings. The SMILES string of the molecule is COc1ccc(NC2=C(c3ccc(C)cc3C)C(=O)N(c3ccccc3)C2=O)cc1OC. The lowest BCUT2D eigenvalue weighted by Gasteiger charge is -2.15. The van der Waals surface area contributed by atoms with Crippen LogP contribution >= 0.6 is 0 Å². The van der Waals surface area contributed by atoms with Gasteiger partial charge in [0.2, 0.25) is 0 Å². The van der Waals surface area contributed by atoms with Gasteiger partial charge >= 0.3 is 0 Å². The first-order valence-electron chi connectivity index (χ1n) is 10.2. The topological polar surface area (TPSA) is 67.9 Å². The van der Waals surface area contributed by atoms with E-state index in [1.807, 2.05) is 38.1 Å². The molecule has 2 amide bonds. The van der Waals surface area contributed by atoms with E-state index in [4.69, 9.17) is 9.47 Å². The Bertz CT molecular complexity index is 1230. The van der Waals surface area contributed by atoms with Crippen LogP contribution in [0.25, 0.3) is 5.57 Å². The van der Waals surface area contributed by atoms with Crippen molar-refractivity contribution in [1.82, 2.24) is 0 Å². The van der Waals surface area contributed by atoms with Gasteiger partial charge < -0.3 is 14.8 Å². The Morgan fingerprint density at radius 3 is 2.16 bits per heavy atom. The van der Waals surface area contributed by atoms with Crippen molar-refractivity contribution in [2.45, 2.75) is 13.8 Å². The molecule has 0 unspecified atom stereocenters. The Hall–Kier alpha value is -4.06. The number of benzene rings is 3. The summed E-state index contributed by atoms with van der Waals surface area (Å²) in [6.07, 6.45) is 0. The molecule has 0 aromatic heterocycles. The fourth-order valence-electron chi connectivity index (χ4n) is 3.86. The van der Waals surface area contributed by atoms with Crippen LogP contribution < -0.4 is 19.7 Å². The highest BCUT2D eigenvalue weighted by atomic mass is 16.5. The molecule has 0 fully saturated rings. The number of hydrogen-bond donors (Lipinski definition) is 1. The summed E-state index contributed by atoms with van der Waals surface area (Å²) >= 11 is 0. The summed E-state index contributed by atoms with van der Waals surface area (Å²) < 4.78 is 10.7. The van der Waals surface area contributed by atoms with Crippen molar-refractivity contribution in [1.29, 1.82) is 0 Å². The summed E-state index contributed by atoms with van der Waals surface area (Å²) in [6.45, 7) is 3.93. The maximum absolute atomic E-state index is 13.5. The van der Waals surface area contributed by atoms with Crippen molar-refractivity contribution >= 4 is 28.8 Å². The zero-order chi connectivity index (χ0) is 22.8. The normalized spacial score (nSPS) is 13.6. The van der Waals surface area contributed by atoms with Crippen LogP contribution in [0.5, 0.6) is 11.5 Å². The van der Waals surface area contributed by atoms with Crippen molar-refractivity contribution in [3.05, 3.63) is 89.1 Å². The molecule has 0 saturated carbocycles. The van der Waals surface area contributed by atoms with Gasteiger partial charge in [-0.25, -0.2) is 4.90 Å². The van der Waals surface area contributed by atoms with Crippen LogP contribution in [-0.4, -0.2) is 26.0 Å². The van der Waals surface area contributed by atoms with Gasteiger partial charge in [0, 0.05) is 11.8 Å². The van der Waals surface area contributed by atoms with Crippen LogP contribution in [0.3, 0.4) is 0 Å². The minimum atomic E-state index is -0.411. The quantitative estimate of drug-likeness (QED) is 0.576. The van der Waals surface area contributed by atoms with Crippen LogP contribution in [0.1, 0.15) is 16.7 Å². The number of amides is 2. The molecule has 162 valence electrons. The molecular formula is C26H24N2O4. The molecule has 3 aromatic carbocycles. The third-order valence-corrected chi connectivity index (χ3v) is 5.40. The van der Waals surface area contributed by atoms with Crippen LogP contribution in [0.4, 0.5) is 11.4 Å². The van der Waals surface area contributed by atoms with E-state index >= 15 is 0 Å². The maximum Gasteiger partial charge on any atom is 0.282 e. The third-order valence-electron chi connectivity index (χ3n) is 5.40. The van der Waals surface area contributed by atoms with E-state index < -0.39 is 5.91 Å². The summed E-state index contributed by atoms with van der Waals surface area (Å²) in [5.74, 6) is 0.311. The second-order valence-corrected chi connectivity index (χ2v) is 7.54. The molecule has 0 spiro atoms. The summed E-state index contributed by atoms with van der Waals surface area (Å²) in [5.41, 5.74) is 4.41. The first kappa shape index (κ1) is 21.2. The predicted octanol–water partition coefficient (Wildman–Crippen LogP) is 4.72. The Morgan fingerprint density at radius 1 is 0.781 bits per heavy atom. The number of anilines is 2. The Kier molecular flexibility index (Phi) is 5.69. The monoisotopic (exact) mass is 428 g/mol. The molecule has 0 radical (unpaired) electrons. The molecule has 0 atom stereocenters. The number of rotatable bonds is 6. The highest BCUT2D eigenvalue weighted by molar-refractivity contribution is 6.46. The number of ether oxygens (including phenoxy) is 2. The van der Waals surface area contributed by atoms with E-state index in [9.17, 15) is 9.59 Å². The zero-order valence-electron chi connectivity index (χ0n) is 18.4. The second kappa shape index (κ2) is 8.59. The van der Waals surface area contributed by atoms with Crippen molar-refractivity contribution in [3.8, 4) is 11.5 Å². The first-order chi connectivity index (χ1) is 15.4. The van der Waals surface area contributed by atoms with Crippen molar-refractivity contribution in [2.75, 3.05) is 24.4 Å². The molecule has 1 N–H and O–H groups in total. The van der Waals surface area contributed by atoms with Gasteiger partial charge in [-0.1, -0.05) is 42.0 Å². The van der Waals surface area contributed by atoms with Gasteiger partial charge in [-0.05, 0) is 49.2 Å². The smallest absolute Gasteiger partial charge is 0.282 e. The molecule has 0 saturated heterocycles. The second-order valence-electron chi connectivity index (χ2n) is 7.54. The summed E-state index contributed by atoms with van der Waals surface area (Å²) in [6, 6.07) is 20.0. The van der Waals surface area contributed by atoms with Gasteiger partial charge in [0.05, 0.1) is 25.5 Å². The van der Waals surface area contributed by atoms with Crippen molar-refractivity contribution < 1.29 is 19.1 Å². The van der Waals surface area contributed by atoms with E-state index in [2.05, 4.69) is 5.32 Å². The minimum Gasteiger partial charge on any atom is -0.493 e. The molecule has 32 heavy (non-hydrogen) atoms. The van der Waals surface area contributed by atoms with Gasteiger partial charge in [0.1, 0.15) is 5.70 Å². The van der Waals surface area contributed by atoms with Crippen LogP contribution in [0, 0.1) is 13.8 Å². The zero-order valence-corrected chi connectivity index (χ0v) is 18.4. The average Bonchev–Trinajstić information content (AvgIpc) is 3.03. The Morgan fingerprint density at radius 2 is 1.50 bits per heavy atom. The molecule has 6 nitrogen and oxygen atoms in total. The van der Waals surface area contributed by atoms with E-state index in [0.29, 0.717) is 28.4 Å². The lowest BCUT2D eigenvalue weighted by Crippen LogP contribution is -2.32. The highest BCUT2D eigenvalue weighted by Crippen LogP contribution is 2.36.